The number of hydrazone groups is 1. The van der Waals surface area contributed by atoms with Crippen molar-refractivity contribution in [1.82, 2.24) is 5.01 Å². The molecule has 3 aliphatic heterocycles. The zero-order valence-corrected chi connectivity index (χ0v) is 21.6. The van der Waals surface area contributed by atoms with Crippen molar-refractivity contribution in [3.63, 3.8) is 0 Å². The lowest BCUT2D eigenvalue weighted by Gasteiger charge is -2.23. The number of aliphatic imine (C=N–C) groups is 1. The average molecular weight is 527 g/mol. The van der Waals surface area contributed by atoms with Crippen molar-refractivity contribution >= 4 is 40.1 Å². The molecule has 9 heteroatoms. The molecule has 3 aromatic rings. The van der Waals surface area contributed by atoms with Crippen molar-refractivity contribution < 1.29 is 19.1 Å². The largest absolute Gasteiger partial charge is 0.454 e. The third kappa shape index (κ3) is 4.89. The van der Waals surface area contributed by atoms with Crippen LogP contribution in [0.25, 0.3) is 0 Å². The van der Waals surface area contributed by atoms with Crippen molar-refractivity contribution in [3.8, 4) is 11.5 Å². The number of hydrogen-bond acceptors (Lipinski definition) is 7. The first-order valence-corrected chi connectivity index (χ1v) is 13.4. The normalized spacial score (nSPS) is 19.9. The van der Waals surface area contributed by atoms with Gasteiger partial charge in [-0.05, 0) is 35.2 Å². The van der Waals surface area contributed by atoms with E-state index in [0.717, 1.165) is 23.3 Å². The van der Waals surface area contributed by atoms with Gasteiger partial charge in [-0.3, -0.25) is 9.59 Å². The average Bonchev–Trinajstić information content (AvgIpc) is 3.68. The Hall–Kier alpha value is -4.11. The van der Waals surface area contributed by atoms with Gasteiger partial charge in [0.1, 0.15) is 5.25 Å². The van der Waals surface area contributed by atoms with Crippen molar-refractivity contribution in [2.24, 2.45) is 10.1 Å². The molecule has 1 N–H and O–H groups in total. The van der Waals surface area contributed by atoms with Crippen LogP contribution >= 0.6 is 11.8 Å². The van der Waals surface area contributed by atoms with E-state index >= 15 is 0 Å². The van der Waals surface area contributed by atoms with Crippen LogP contribution in [0.15, 0.2) is 82.9 Å². The maximum atomic E-state index is 12.9. The van der Waals surface area contributed by atoms with Gasteiger partial charge in [0.15, 0.2) is 16.7 Å². The van der Waals surface area contributed by atoms with Gasteiger partial charge in [-0.2, -0.15) is 10.1 Å². The van der Waals surface area contributed by atoms with E-state index in [1.165, 1.54) is 17.3 Å². The van der Waals surface area contributed by atoms with Crippen LogP contribution in [0.1, 0.15) is 42.5 Å². The molecule has 2 atom stereocenters. The minimum atomic E-state index is -0.613. The summed E-state index contributed by atoms with van der Waals surface area (Å²) in [4.78, 5) is 30.0. The molecule has 6 rings (SSSR count). The first-order chi connectivity index (χ1) is 18.6. The van der Waals surface area contributed by atoms with Gasteiger partial charge in [-0.15, -0.1) is 0 Å². The zero-order valence-electron chi connectivity index (χ0n) is 20.8. The number of amides is 2. The number of fused-ring (bicyclic) bond motifs is 1. The Bertz CT molecular complexity index is 1440. The summed E-state index contributed by atoms with van der Waals surface area (Å²) in [6.45, 7) is 2.29. The molecule has 3 heterocycles. The highest BCUT2D eigenvalue weighted by Gasteiger charge is 2.39. The van der Waals surface area contributed by atoms with Crippen LogP contribution in [-0.4, -0.2) is 39.7 Å². The Morgan fingerprint density at radius 1 is 1.05 bits per heavy atom. The standard InChI is InChI=1S/C29H26N4O4S/c1-2-18-8-10-20(11-9-18)23-15-22(19-6-4-3-5-7-19)32-33(23)29-31-28(35)26(38-29)16-27(34)30-21-12-13-24-25(14-21)37-17-36-24/h3-14,23,26H,2,15-17H2,1H3,(H,30,34)/t23-,26-/m0/s1. The number of thioether (sulfide) groups is 1. The molecule has 8 nitrogen and oxygen atoms in total. The smallest absolute Gasteiger partial charge is 0.262 e. The van der Waals surface area contributed by atoms with Crippen molar-refractivity contribution in [2.45, 2.75) is 37.5 Å². The summed E-state index contributed by atoms with van der Waals surface area (Å²) in [6, 6.07) is 23.7. The Kier molecular flexibility index (Phi) is 6.59. The van der Waals surface area contributed by atoms with E-state index in [1.807, 2.05) is 35.3 Å². The number of anilines is 1. The van der Waals surface area contributed by atoms with Crippen LogP contribution in [0.3, 0.4) is 0 Å². The minimum absolute atomic E-state index is 0.00387. The molecule has 2 amide bonds. The van der Waals surface area contributed by atoms with Crippen LogP contribution in [0, 0.1) is 0 Å². The number of hydrogen-bond donors (Lipinski definition) is 1. The second kappa shape index (κ2) is 10.3. The minimum Gasteiger partial charge on any atom is -0.454 e. The molecule has 0 unspecified atom stereocenters. The number of aryl methyl sites for hydroxylation is 1. The highest BCUT2D eigenvalue weighted by Crippen LogP contribution is 2.39. The molecular weight excluding hydrogens is 500 g/mol. The second-order valence-electron chi connectivity index (χ2n) is 9.23. The molecule has 3 aromatic carbocycles. The van der Waals surface area contributed by atoms with Crippen molar-refractivity contribution in [2.75, 3.05) is 12.1 Å². The molecule has 0 bridgehead atoms. The summed E-state index contributed by atoms with van der Waals surface area (Å²) < 4.78 is 10.7. The number of benzene rings is 3. The first-order valence-electron chi connectivity index (χ1n) is 12.6. The molecule has 0 aliphatic carbocycles. The van der Waals surface area contributed by atoms with Crippen LogP contribution in [0.5, 0.6) is 11.5 Å². The Balaban J connectivity index is 1.18. The number of carbonyl (C=O) groups is 2. The summed E-state index contributed by atoms with van der Waals surface area (Å²) >= 11 is 1.29. The van der Waals surface area contributed by atoms with Gasteiger partial charge < -0.3 is 14.8 Å². The molecule has 0 saturated carbocycles. The monoisotopic (exact) mass is 526 g/mol. The van der Waals surface area contributed by atoms with Gasteiger partial charge in [-0.25, -0.2) is 5.01 Å². The maximum absolute atomic E-state index is 12.9. The molecule has 0 radical (unpaired) electrons. The summed E-state index contributed by atoms with van der Waals surface area (Å²) in [7, 11) is 0. The fourth-order valence-corrected chi connectivity index (χ4v) is 5.75. The first kappa shape index (κ1) is 24.2. The molecular formula is C29H26N4O4S. The molecule has 0 saturated heterocycles. The Labute approximate surface area is 224 Å². The number of amidine groups is 1. The van der Waals surface area contributed by atoms with Crippen LogP contribution < -0.4 is 14.8 Å². The molecule has 0 aromatic heterocycles. The third-order valence-electron chi connectivity index (χ3n) is 6.74. The number of nitrogens with zero attached hydrogens (tertiary/aromatic N) is 3. The maximum Gasteiger partial charge on any atom is 0.262 e. The van der Waals surface area contributed by atoms with Gasteiger partial charge >= 0.3 is 0 Å². The zero-order chi connectivity index (χ0) is 26.1. The van der Waals surface area contributed by atoms with Crippen LogP contribution in [0.2, 0.25) is 0 Å². The van der Waals surface area contributed by atoms with E-state index in [1.54, 1.807) is 18.2 Å². The number of ether oxygens (including phenoxy) is 2. The second-order valence-corrected chi connectivity index (χ2v) is 10.4. The summed E-state index contributed by atoms with van der Waals surface area (Å²) in [6.07, 6.45) is 1.66. The van der Waals surface area contributed by atoms with Gasteiger partial charge in [0.2, 0.25) is 12.7 Å². The Morgan fingerprint density at radius 3 is 2.63 bits per heavy atom. The van der Waals surface area contributed by atoms with E-state index in [4.69, 9.17) is 14.6 Å². The van der Waals surface area contributed by atoms with Crippen LogP contribution in [-0.2, 0) is 16.0 Å². The van der Waals surface area contributed by atoms with E-state index < -0.39 is 5.25 Å². The lowest BCUT2D eigenvalue weighted by molar-refractivity contribution is -0.121. The van der Waals surface area contributed by atoms with Gasteiger partial charge in [0.25, 0.3) is 5.91 Å². The summed E-state index contributed by atoms with van der Waals surface area (Å²) in [5, 5.41) is 9.51. The van der Waals surface area contributed by atoms with Gasteiger partial charge in [0, 0.05) is 24.6 Å². The fourth-order valence-electron chi connectivity index (χ4n) is 4.69. The van der Waals surface area contributed by atoms with Crippen molar-refractivity contribution in [3.05, 3.63) is 89.5 Å². The molecule has 38 heavy (non-hydrogen) atoms. The van der Waals surface area contributed by atoms with Crippen LogP contribution in [0.4, 0.5) is 5.69 Å². The van der Waals surface area contributed by atoms with E-state index in [9.17, 15) is 9.59 Å². The Morgan fingerprint density at radius 2 is 1.84 bits per heavy atom. The third-order valence-corrected chi connectivity index (χ3v) is 7.88. The topological polar surface area (TPSA) is 92.6 Å². The van der Waals surface area contributed by atoms with Gasteiger partial charge in [-0.1, -0.05) is 73.3 Å². The van der Waals surface area contributed by atoms with E-state index in [-0.39, 0.29) is 31.1 Å². The SMILES string of the molecule is CCc1ccc([C@@H]2CC(c3ccccc3)=NN2C2=NC(=O)[C@H](CC(=O)Nc3ccc4c(c3)OCO4)S2)cc1. The lowest BCUT2D eigenvalue weighted by Crippen LogP contribution is -2.25. The quantitative estimate of drug-likeness (QED) is 0.477. The molecule has 3 aliphatic rings. The van der Waals surface area contributed by atoms with Gasteiger partial charge in [0.05, 0.1) is 11.8 Å². The number of nitrogens with one attached hydrogen (secondary N) is 1. The van der Waals surface area contributed by atoms with Crippen molar-refractivity contribution in [1.29, 1.82) is 0 Å². The highest BCUT2D eigenvalue weighted by molar-refractivity contribution is 8.15. The predicted octanol–water partition coefficient (Wildman–Crippen LogP) is 5.16. The summed E-state index contributed by atoms with van der Waals surface area (Å²) in [5.41, 5.74) is 4.94. The number of carbonyl (C=O) groups excluding carboxylic acids is 2. The lowest BCUT2D eigenvalue weighted by atomic mass is 9.97. The number of rotatable bonds is 6. The molecule has 192 valence electrons. The molecule has 0 spiro atoms. The van der Waals surface area contributed by atoms with E-state index in [0.29, 0.717) is 28.8 Å². The van der Waals surface area contributed by atoms with E-state index in [2.05, 4.69) is 41.5 Å². The predicted molar refractivity (Wildman–Crippen MR) is 148 cm³/mol. The summed E-state index contributed by atoms with van der Waals surface area (Å²) in [5.74, 6) is 0.628. The fraction of sp³-hybridized carbons (Fsp3) is 0.241. The molecule has 0 fully saturated rings. The highest BCUT2D eigenvalue weighted by atomic mass is 32.2.